The molecule has 1 heterocycles. The van der Waals surface area contributed by atoms with Crippen molar-refractivity contribution >= 4 is 11.8 Å². The normalized spacial score (nSPS) is 30.9. The molecule has 2 unspecified atom stereocenters. The van der Waals surface area contributed by atoms with Crippen molar-refractivity contribution in [3.05, 3.63) is 0 Å². The van der Waals surface area contributed by atoms with Crippen LogP contribution in [-0.2, 0) is 9.59 Å². The number of amides is 2. The lowest BCUT2D eigenvalue weighted by molar-refractivity contribution is -0.152. The van der Waals surface area contributed by atoms with E-state index < -0.39 is 0 Å². The summed E-state index contributed by atoms with van der Waals surface area (Å²) in [5, 5.41) is 2.84. The van der Waals surface area contributed by atoms with Crippen LogP contribution in [-0.4, -0.2) is 34.8 Å². The maximum Gasteiger partial charge on any atom is 0.246 e. The van der Waals surface area contributed by atoms with Crippen LogP contribution in [0.1, 0.15) is 40.0 Å². The first kappa shape index (κ1) is 11.4. The van der Waals surface area contributed by atoms with Crippen molar-refractivity contribution < 1.29 is 9.59 Å². The summed E-state index contributed by atoms with van der Waals surface area (Å²) in [6.45, 7) is 5.90. The smallest absolute Gasteiger partial charge is 0.246 e. The fraction of sp³-hybridized carbons (Fsp3) is 0.833. The van der Waals surface area contributed by atoms with Gasteiger partial charge in [-0.1, -0.05) is 6.92 Å². The Kier molecular flexibility index (Phi) is 2.91. The molecule has 2 aliphatic rings. The van der Waals surface area contributed by atoms with Gasteiger partial charge in [0.2, 0.25) is 11.8 Å². The van der Waals surface area contributed by atoms with Gasteiger partial charge in [-0.25, -0.2) is 0 Å². The van der Waals surface area contributed by atoms with Gasteiger partial charge in [0.15, 0.2) is 0 Å². The molecule has 4 nitrogen and oxygen atoms in total. The quantitative estimate of drug-likeness (QED) is 0.774. The highest BCUT2D eigenvalue weighted by molar-refractivity contribution is 5.97. The van der Waals surface area contributed by atoms with Crippen LogP contribution in [0.4, 0.5) is 0 Å². The summed E-state index contributed by atoms with van der Waals surface area (Å²) >= 11 is 0. The first-order valence-corrected chi connectivity index (χ1v) is 6.18. The Labute approximate surface area is 96.4 Å². The molecule has 0 spiro atoms. The van der Waals surface area contributed by atoms with Crippen LogP contribution in [0.15, 0.2) is 0 Å². The average Bonchev–Trinajstić information content (AvgIpc) is 3.03. The highest BCUT2D eigenvalue weighted by Crippen LogP contribution is 2.37. The van der Waals surface area contributed by atoms with E-state index in [0.29, 0.717) is 12.3 Å². The Bertz CT molecular complexity index is 310. The minimum Gasteiger partial charge on any atom is -0.343 e. The zero-order valence-electron chi connectivity index (χ0n) is 10.2. The van der Waals surface area contributed by atoms with E-state index in [-0.39, 0.29) is 29.9 Å². The Hall–Kier alpha value is -1.06. The largest absolute Gasteiger partial charge is 0.343 e. The molecule has 0 radical (unpaired) electrons. The topological polar surface area (TPSA) is 49.4 Å². The molecule has 1 saturated carbocycles. The summed E-state index contributed by atoms with van der Waals surface area (Å²) in [5.74, 6) is 0.529. The van der Waals surface area contributed by atoms with E-state index in [1.807, 2.05) is 20.8 Å². The van der Waals surface area contributed by atoms with E-state index in [1.165, 1.54) is 0 Å². The molecule has 0 aromatic heterocycles. The van der Waals surface area contributed by atoms with Gasteiger partial charge in [0.1, 0.15) is 12.1 Å². The molecule has 0 bridgehead atoms. The van der Waals surface area contributed by atoms with E-state index in [9.17, 15) is 9.59 Å². The maximum absolute atomic E-state index is 12.2. The number of carbonyl (C=O) groups is 2. The molecule has 4 heteroatoms. The SMILES string of the molecule is CCC1NC(=O)C(C2CC2)N(C(C)C)C1=O. The van der Waals surface area contributed by atoms with Crippen LogP contribution in [0.2, 0.25) is 0 Å². The summed E-state index contributed by atoms with van der Waals surface area (Å²) in [7, 11) is 0. The first-order valence-electron chi connectivity index (χ1n) is 6.18. The van der Waals surface area contributed by atoms with Crippen molar-refractivity contribution in [2.45, 2.75) is 58.2 Å². The number of carbonyl (C=O) groups excluding carboxylic acids is 2. The summed E-state index contributed by atoms with van der Waals surface area (Å²) in [6, 6.07) is -0.418. The van der Waals surface area contributed by atoms with Crippen molar-refractivity contribution in [3.63, 3.8) is 0 Å². The van der Waals surface area contributed by atoms with Gasteiger partial charge in [0.25, 0.3) is 0 Å². The highest BCUT2D eigenvalue weighted by Gasteiger charge is 2.48. The van der Waals surface area contributed by atoms with Gasteiger partial charge in [-0.15, -0.1) is 0 Å². The van der Waals surface area contributed by atoms with Crippen LogP contribution < -0.4 is 5.32 Å². The van der Waals surface area contributed by atoms with Crippen LogP contribution in [0.25, 0.3) is 0 Å². The lowest BCUT2D eigenvalue weighted by Gasteiger charge is -2.41. The van der Waals surface area contributed by atoms with Crippen LogP contribution in [0, 0.1) is 5.92 Å². The number of nitrogens with one attached hydrogen (secondary N) is 1. The van der Waals surface area contributed by atoms with Gasteiger partial charge in [0, 0.05) is 6.04 Å². The summed E-state index contributed by atoms with van der Waals surface area (Å²) in [6.07, 6.45) is 2.82. The summed E-state index contributed by atoms with van der Waals surface area (Å²) in [5.41, 5.74) is 0. The Morgan fingerprint density at radius 2 is 2.00 bits per heavy atom. The minimum atomic E-state index is -0.315. The lowest BCUT2D eigenvalue weighted by atomic mass is 10.00. The lowest BCUT2D eigenvalue weighted by Crippen LogP contribution is -2.65. The second-order valence-corrected chi connectivity index (χ2v) is 5.09. The minimum absolute atomic E-state index is 0.0441. The monoisotopic (exact) mass is 224 g/mol. The van der Waals surface area contributed by atoms with E-state index in [2.05, 4.69) is 5.32 Å². The summed E-state index contributed by atoms with van der Waals surface area (Å²) in [4.78, 5) is 26.0. The molecule has 2 fully saturated rings. The zero-order valence-corrected chi connectivity index (χ0v) is 10.2. The molecule has 1 saturated heterocycles. The zero-order chi connectivity index (χ0) is 11.9. The van der Waals surface area contributed by atoms with Gasteiger partial charge in [-0.3, -0.25) is 9.59 Å². The standard InChI is InChI=1S/C12H20N2O2/c1-4-9-12(16)14(7(2)3)10(8-5-6-8)11(15)13-9/h7-10H,4-6H2,1-3H3,(H,13,15). The third kappa shape index (κ3) is 1.81. The third-order valence-corrected chi connectivity index (χ3v) is 3.47. The van der Waals surface area contributed by atoms with E-state index in [1.54, 1.807) is 4.90 Å². The van der Waals surface area contributed by atoms with E-state index in [4.69, 9.17) is 0 Å². The second kappa shape index (κ2) is 4.07. The number of rotatable bonds is 3. The molecule has 2 amide bonds. The predicted molar refractivity (Wildman–Crippen MR) is 60.7 cm³/mol. The molecule has 1 N–H and O–H groups in total. The molecule has 16 heavy (non-hydrogen) atoms. The fourth-order valence-electron chi connectivity index (χ4n) is 2.47. The molecule has 1 aliphatic heterocycles. The third-order valence-electron chi connectivity index (χ3n) is 3.47. The highest BCUT2D eigenvalue weighted by atomic mass is 16.2. The molecule has 2 rings (SSSR count). The predicted octanol–water partition coefficient (Wildman–Crippen LogP) is 0.910. The number of piperazine rings is 1. The number of hydrogen-bond acceptors (Lipinski definition) is 2. The molecule has 0 aromatic carbocycles. The van der Waals surface area contributed by atoms with Crippen LogP contribution in [0.5, 0.6) is 0 Å². The van der Waals surface area contributed by atoms with Gasteiger partial charge in [-0.2, -0.15) is 0 Å². The van der Waals surface area contributed by atoms with Crippen molar-refractivity contribution in [2.24, 2.45) is 5.92 Å². The Morgan fingerprint density at radius 3 is 2.44 bits per heavy atom. The average molecular weight is 224 g/mol. The number of hydrogen-bond donors (Lipinski definition) is 1. The van der Waals surface area contributed by atoms with Gasteiger partial charge in [0.05, 0.1) is 0 Å². The van der Waals surface area contributed by atoms with Gasteiger partial charge < -0.3 is 10.2 Å². The molecular formula is C12H20N2O2. The van der Waals surface area contributed by atoms with E-state index >= 15 is 0 Å². The molecule has 2 atom stereocenters. The number of nitrogens with zero attached hydrogens (tertiary/aromatic N) is 1. The van der Waals surface area contributed by atoms with E-state index in [0.717, 1.165) is 12.8 Å². The van der Waals surface area contributed by atoms with Crippen molar-refractivity contribution in [2.75, 3.05) is 0 Å². The first-order chi connectivity index (χ1) is 7.56. The van der Waals surface area contributed by atoms with Gasteiger partial charge in [-0.05, 0) is 39.0 Å². The van der Waals surface area contributed by atoms with Crippen molar-refractivity contribution in [1.29, 1.82) is 0 Å². The van der Waals surface area contributed by atoms with Gasteiger partial charge >= 0.3 is 0 Å². The molecule has 0 aromatic rings. The fourth-order valence-corrected chi connectivity index (χ4v) is 2.47. The van der Waals surface area contributed by atoms with Crippen LogP contribution >= 0.6 is 0 Å². The van der Waals surface area contributed by atoms with Crippen molar-refractivity contribution in [1.82, 2.24) is 10.2 Å². The summed E-state index contributed by atoms with van der Waals surface area (Å²) < 4.78 is 0. The molecule has 1 aliphatic carbocycles. The molecule has 90 valence electrons. The van der Waals surface area contributed by atoms with Crippen LogP contribution in [0.3, 0.4) is 0 Å². The second-order valence-electron chi connectivity index (χ2n) is 5.09. The van der Waals surface area contributed by atoms with Crippen molar-refractivity contribution in [3.8, 4) is 0 Å². The Morgan fingerprint density at radius 1 is 1.38 bits per heavy atom. The Balaban J connectivity index is 2.23. The molecular weight excluding hydrogens is 204 g/mol. The maximum atomic E-state index is 12.2.